The lowest BCUT2D eigenvalue weighted by atomic mass is 10.1. The van der Waals surface area contributed by atoms with E-state index in [1.807, 2.05) is 30.3 Å². The van der Waals surface area contributed by atoms with Gasteiger partial charge in [0.05, 0.1) is 7.11 Å². The third kappa shape index (κ3) is 5.14. The Morgan fingerprint density at radius 2 is 1.69 bits per heavy atom. The Bertz CT molecular complexity index is 809. The predicted octanol–water partition coefficient (Wildman–Crippen LogP) is 4.47. The normalized spacial score (nSPS) is 10.9. The number of hydrogen-bond donors (Lipinski definition) is 0. The maximum atomic E-state index is 14.3. The van der Waals surface area contributed by atoms with Crippen LogP contribution in [0.15, 0.2) is 73.1 Å². The lowest BCUT2D eigenvalue weighted by molar-refractivity contribution is 0.255. The average Bonchev–Trinajstić information content (AvgIpc) is 2.69. The molecule has 4 heteroatoms. The van der Waals surface area contributed by atoms with Crippen LogP contribution in [0, 0.1) is 5.82 Å². The Balaban J connectivity index is 1.75. The molecule has 0 N–H and O–H groups in total. The van der Waals surface area contributed by atoms with Gasteiger partial charge in [-0.15, -0.1) is 0 Å². The molecule has 0 fully saturated rings. The molecule has 0 spiro atoms. The van der Waals surface area contributed by atoms with Gasteiger partial charge in [-0.2, -0.15) is 0 Å². The molecule has 26 heavy (non-hydrogen) atoms. The molecule has 0 radical (unpaired) electrons. The minimum atomic E-state index is -0.203. The maximum Gasteiger partial charge on any atom is 0.127 e. The van der Waals surface area contributed by atoms with E-state index in [1.165, 1.54) is 11.6 Å². The summed E-state index contributed by atoms with van der Waals surface area (Å²) >= 11 is 0. The van der Waals surface area contributed by atoms with E-state index in [4.69, 9.17) is 4.74 Å². The Morgan fingerprint density at radius 3 is 2.42 bits per heavy atom. The lowest BCUT2D eigenvalue weighted by Crippen LogP contribution is -2.26. The average molecular weight is 350 g/mol. The van der Waals surface area contributed by atoms with Crippen LogP contribution in [0.2, 0.25) is 0 Å². The molecule has 0 bridgehead atoms. The summed E-state index contributed by atoms with van der Waals surface area (Å²) < 4.78 is 19.5. The molecule has 134 valence electrons. The topological polar surface area (TPSA) is 25.4 Å². The number of pyridine rings is 1. The van der Waals surface area contributed by atoms with E-state index in [-0.39, 0.29) is 5.82 Å². The molecule has 3 rings (SSSR count). The highest BCUT2D eigenvalue weighted by molar-refractivity contribution is 5.30. The first-order valence-electron chi connectivity index (χ1n) is 8.72. The molecule has 0 atom stereocenters. The first-order chi connectivity index (χ1) is 12.7. The second-order valence-electron chi connectivity index (χ2n) is 6.26. The molecule has 1 aromatic heterocycles. The second kappa shape index (κ2) is 9.11. The van der Waals surface area contributed by atoms with E-state index >= 15 is 0 Å². The van der Waals surface area contributed by atoms with E-state index in [1.54, 1.807) is 31.6 Å². The zero-order valence-corrected chi connectivity index (χ0v) is 14.9. The van der Waals surface area contributed by atoms with Crippen molar-refractivity contribution >= 4 is 0 Å². The van der Waals surface area contributed by atoms with E-state index in [0.29, 0.717) is 17.9 Å². The van der Waals surface area contributed by atoms with Crippen molar-refractivity contribution in [2.75, 3.05) is 13.7 Å². The molecule has 0 saturated carbocycles. The number of methoxy groups -OCH3 is 1. The first kappa shape index (κ1) is 18.1. The monoisotopic (exact) mass is 350 g/mol. The van der Waals surface area contributed by atoms with Crippen molar-refractivity contribution in [2.24, 2.45) is 0 Å². The van der Waals surface area contributed by atoms with Gasteiger partial charge in [0.15, 0.2) is 0 Å². The minimum Gasteiger partial charge on any atom is -0.497 e. The van der Waals surface area contributed by atoms with Gasteiger partial charge in [-0.25, -0.2) is 4.39 Å². The van der Waals surface area contributed by atoms with Crippen molar-refractivity contribution in [1.82, 2.24) is 9.88 Å². The molecule has 0 unspecified atom stereocenters. The largest absolute Gasteiger partial charge is 0.497 e. The number of halogens is 1. The van der Waals surface area contributed by atoms with Crippen LogP contribution in [0.1, 0.15) is 16.7 Å². The molecule has 0 saturated heterocycles. The van der Waals surface area contributed by atoms with Gasteiger partial charge < -0.3 is 4.74 Å². The number of hydrogen-bond acceptors (Lipinski definition) is 3. The van der Waals surface area contributed by atoms with Gasteiger partial charge in [-0.05, 0) is 47.9 Å². The van der Waals surface area contributed by atoms with Gasteiger partial charge in [-0.3, -0.25) is 9.88 Å². The summed E-state index contributed by atoms with van der Waals surface area (Å²) in [5.41, 5.74) is 3.08. The van der Waals surface area contributed by atoms with Crippen LogP contribution in [-0.2, 0) is 19.5 Å². The zero-order valence-electron chi connectivity index (χ0n) is 14.9. The molecule has 3 aromatic rings. The summed E-state index contributed by atoms with van der Waals surface area (Å²) in [6, 6.07) is 19.2. The lowest BCUT2D eigenvalue weighted by Gasteiger charge is -2.23. The Kier molecular flexibility index (Phi) is 6.34. The van der Waals surface area contributed by atoms with Gasteiger partial charge in [0.1, 0.15) is 11.6 Å². The van der Waals surface area contributed by atoms with Crippen LogP contribution in [0.3, 0.4) is 0 Å². The molecule has 0 aliphatic heterocycles. The quantitative estimate of drug-likeness (QED) is 0.599. The van der Waals surface area contributed by atoms with Crippen molar-refractivity contribution in [3.8, 4) is 5.75 Å². The van der Waals surface area contributed by atoms with Crippen LogP contribution in [0.5, 0.6) is 5.75 Å². The van der Waals surface area contributed by atoms with Crippen LogP contribution in [-0.4, -0.2) is 23.5 Å². The molecule has 1 heterocycles. The molecular weight excluding hydrogens is 327 g/mol. The highest BCUT2D eigenvalue weighted by Crippen LogP contribution is 2.19. The van der Waals surface area contributed by atoms with E-state index in [9.17, 15) is 4.39 Å². The zero-order chi connectivity index (χ0) is 18.2. The van der Waals surface area contributed by atoms with Crippen LogP contribution < -0.4 is 4.74 Å². The SMILES string of the molecule is COc1ccc(F)c(CN(CCc2ccccc2)Cc2ccncc2)c1. The van der Waals surface area contributed by atoms with Gasteiger partial charge in [0.2, 0.25) is 0 Å². The summed E-state index contributed by atoms with van der Waals surface area (Å²) in [6.07, 6.45) is 4.49. The fraction of sp³-hybridized carbons (Fsp3) is 0.227. The Labute approximate surface area is 154 Å². The van der Waals surface area contributed by atoms with E-state index in [0.717, 1.165) is 25.1 Å². The highest BCUT2D eigenvalue weighted by Gasteiger charge is 2.12. The number of benzene rings is 2. The van der Waals surface area contributed by atoms with Gasteiger partial charge >= 0.3 is 0 Å². The summed E-state index contributed by atoms with van der Waals surface area (Å²) in [5, 5.41) is 0. The van der Waals surface area contributed by atoms with Crippen LogP contribution in [0.4, 0.5) is 4.39 Å². The minimum absolute atomic E-state index is 0.203. The predicted molar refractivity (Wildman–Crippen MR) is 101 cm³/mol. The second-order valence-corrected chi connectivity index (χ2v) is 6.26. The molecule has 0 aliphatic rings. The summed E-state index contributed by atoms with van der Waals surface area (Å²) in [4.78, 5) is 6.32. The Hall–Kier alpha value is -2.72. The van der Waals surface area contributed by atoms with Crippen molar-refractivity contribution in [3.05, 3.63) is 95.6 Å². The molecule has 0 amide bonds. The molecule has 0 aliphatic carbocycles. The summed E-state index contributed by atoms with van der Waals surface area (Å²) in [6.45, 7) is 2.10. The Morgan fingerprint density at radius 1 is 0.923 bits per heavy atom. The molecule has 3 nitrogen and oxygen atoms in total. The maximum absolute atomic E-state index is 14.3. The summed E-state index contributed by atoms with van der Waals surface area (Å²) in [5.74, 6) is 0.471. The number of rotatable bonds is 8. The van der Waals surface area contributed by atoms with Crippen molar-refractivity contribution in [3.63, 3.8) is 0 Å². The number of aromatic nitrogens is 1. The van der Waals surface area contributed by atoms with Crippen LogP contribution >= 0.6 is 0 Å². The van der Waals surface area contributed by atoms with E-state index in [2.05, 4.69) is 22.0 Å². The number of nitrogens with zero attached hydrogens (tertiary/aromatic N) is 2. The third-order valence-corrected chi connectivity index (χ3v) is 4.36. The molecule has 2 aromatic carbocycles. The van der Waals surface area contributed by atoms with Crippen molar-refractivity contribution in [1.29, 1.82) is 0 Å². The fourth-order valence-electron chi connectivity index (χ4n) is 2.93. The van der Waals surface area contributed by atoms with Crippen molar-refractivity contribution in [2.45, 2.75) is 19.5 Å². The van der Waals surface area contributed by atoms with Crippen molar-refractivity contribution < 1.29 is 9.13 Å². The highest BCUT2D eigenvalue weighted by atomic mass is 19.1. The fourth-order valence-corrected chi connectivity index (χ4v) is 2.93. The van der Waals surface area contributed by atoms with Crippen LogP contribution in [0.25, 0.3) is 0 Å². The first-order valence-corrected chi connectivity index (χ1v) is 8.72. The van der Waals surface area contributed by atoms with Gasteiger partial charge in [0, 0.05) is 37.6 Å². The standard InChI is InChI=1S/C22H23FN2O/c1-26-21-7-8-22(23)20(15-21)17-25(16-19-9-12-24-13-10-19)14-11-18-5-3-2-4-6-18/h2-10,12-13,15H,11,14,16-17H2,1H3. The van der Waals surface area contributed by atoms with Gasteiger partial charge in [-0.1, -0.05) is 30.3 Å². The van der Waals surface area contributed by atoms with Gasteiger partial charge in [0.25, 0.3) is 0 Å². The van der Waals surface area contributed by atoms with E-state index < -0.39 is 0 Å². The number of ether oxygens (including phenoxy) is 1. The third-order valence-electron chi connectivity index (χ3n) is 4.36. The summed E-state index contributed by atoms with van der Waals surface area (Å²) in [7, 11) is 1.60. The molecular formula is C22H23FN2O. The smallest absolute Gasteiger partial charge is 0.127 e.